The second-order valence-electron chi connectivity index (χ2n) is 5.82. The summed E-state index contributed by atoms with van der Waals surface area (Å²) in [5.41, 5.74) is 5.79. The smallest absolute Gasteiger partial charge is 0.189 e. The molecule has 1 saturated carbocycles. The average molecular weight is 227 g/mol. The molecule has 0 saturated heterocycles. The third-order valence-corrected chi connectivity index (χ3v) is 2.36. The summed E-state index contributed by atoms with van der Waals surface area (Å²) in [5.74, 6) is 0.542. The maximum atomic E-state index is 5.81. The minimum atomic E-state index is -0.0227. The van der Waals surface area contributed by atoms with Crippen molar-refractivity contribution in [3.05, 3.63) is 0 Å². The quantitative estimate of drug-likeness (QED) is 0.569. The summed E-state index contributed by atoms with van der Waals surface area (Å²) in [5, 5.41) is 3.16. The number of hydrogen-bond donors (Lipinski definition) is 2. The summed E-state index contributed by atoms with van der Waals surface area (Å²) in [4.78, 5) is 4.43. The fourth-order valence-corrected chi connectivity index (χ4v) is 1.75. The minimum absolute atomic E-state index is 0.0227. The van der Waals surface area contributed by atoms with Crippen molar-refractivity contribution in [3.63, 3.8) is 0 Å². The Labute approximate surface area is 98.6 Å². The highest BCUT2D eigenvalue weighted by atomic mass is 16.5. The zero-order valence-corrected chi connectivity index (χ0v) is 11.1. The SMILES string of the molecule is CC(C)OC1CC(N=C(N)NC(C)(C)C)C1. The standard InChI is InChI=1S/C12H25N3O/c1-8(2)16-10-6-9(7-10)14-11(13)15-12(3,4)5/h8-10H,6-7H2,1-5H3,(H3,13,14,15). The van der Waals surface area contributed by atoms with Crippen LogP contribution in [0.3, 0.4) is 0 Å². The van der Waals surface area contributed by atoms with E-state index in [1.165, 1.54) is 0 Å². The largest absolute Gasteiger partial charge is 0.375 e. The van der Waals surface area contributed by atoms with E-state index in [4.69, 9.17) is 10.5 Å². The van der Waals surface area contributed by atoms with E-state index in [1.807, 2.05) is 0 Å². The van der Waals surface area contributed by atoms with E-state index in [9.17, 15) is 0 Å². The molecule has 4 nitrogen and oxygen atoms in total. The molecule has 4 heteroatoms. The van der Waals surface area contributed by atoms with Gasteiger partial charge in [-0.15, -0.1) is 0 Å². The van der Waals surface area contributed by atoms with Gasteiger partial charge in [-0.25, -0.2) is 4.99 Å². The van der Waals surface area contributed by atoms with Crippen LogP contribution in [0.1, 0.15) is 47.5 Å². The molecule has 1 fully saturated rings. The molecule has 0 aromatic carbocycles. The summed E-state index contributed by atoms with van der Waals surface area (Å²) < 4.78 is 5.67. The zero-order chi connectivity index (χ0) is 12.3. The van der Waals surface area contributed by atoms with Crippen molar-refractivity contribution in [1.29, 1.82) is 0 Å². The van der Waals surface area contributed by atoms with E-state index in [0.717, 1.165) is 12.8 Å². The first-order chi connectivity index (χ1) is 7.26. The van der Waals surface area contributed by atoms with Crippen LogP contribution < -0.4 is 11.1 Å². The number of ether oxygens (including phenoxy) is 1. The van der Waals surface area contributed by atoms with Crippen LogP contribution in [-0.2, 0) is 4.74 Å². The van der Waals surface area contributed by atoms with Crippen LogP contribution in [-0.4, -0.2) is 29.7 Å². The van der Waals surface area contributed by atoms with Crippen LogP contribution in [0.15, 0.2) is 4.99 Å². The monoisotopic (exact) mass is 227 g/mol. The summed E-state index contributed by atoms with van der Waals surface area (Å²) in [6.07, 6.45) is 2.66. The number of aliphatic imine (C=N–C) groups is 1. The number of nitrogens with two attached hydrogens (primary N) is 1. The van der Waals surface area contributed by atoms with E-state index >= 15 is 0 Å². The van der Waals surface area contributed by atoms with Crippen molar-refractivity contribution in [3.8, 4) is 0 Å². The third kappa shape index (κ3) is 4.84. The molecule has 94 valence electrons. The van der Waals surface area contributed by atoms with Crippen molar-refractivity contribution in [1.82, 2.24) is 5.32 Å². The molecule has 1 aliphatic rings. The molecule has 0 aromatic heterocycles. The zero-order valence-electron chi connectivity index (χ0n) is 11.1. The van der Waals surface area contributed by atoms with Gasteiger partial charge < -0.3 is 15.8 Å². The number of rotatable bonds is 3. The molecule has 0 aromatic rings. The number of nitrogens with one attached hydrogen (secondary N) is 1. The van der Waals surface area contributed by atoms with Gasteiger partial charge in [-0.05, 0) is 47.5 Å². The second-order valence-corrected chi connectivity index (χ2v) is 5.82. The summed E-state index contributed by atoms with van der Waals surface area (Å²) in [6, 6.07) is 0.332. The molecule has 16 heavy (non-hydrogen) atoms. The van der Waals surface area contributed by atoms with Crippen LogP contribution in [0.5, 0.6) is 0 Å². The Kier molecular flexibility index (Phi) is 4.19. The number of hydrogen-bond acceptors (Lipinski definition) is 2. The predicted octanol–water partition coefficient (Wildman–Crippen LogP) is 1.65. The molecule has 0 atom stereocenters. The van der Waals surface area contributed by atoms with Gasteiger partial charge >= 0.3 is 0 Å². The minimum Gasteiger partial charge on any atom is -0.375 e. The van der Waals surface area contributed by atoms with Gasteiger partial charge in [-0.1, -0.05) is 0 Å². The molecule has 0 radical (unpaired) electrons. The summed E-state index contributed by atoms with van der Waals surface area (Å²) >= 11 is 0. The summed E-state index contributed by atoms with van der Waals surface area (Å²) in [6.45, 7) is 10.3. The van der Waals surface area contributed by atoms with Crippen molar-refractivity contribution in [2.75, 3.05) is 0 Å². The van der Waals surface area contributed by atoms with Crippen molar-refractivity contribution < 1.29 is 4.74 Å². The van der Waals surface area contributed by atoms with Gasteiger partial charge in [0.25, 0.3) is 0 Å². The lowest BCUT2D eigenvalue weighted by Crippen LogP contribution is -2.47. The van der Waals surface area contributed by atoms with Crippen LogP contribution in [0.4, 0.5) is 0 Å². The van der Waals surface area contributed by atoms with Crippen LogP contribution in [0, 0.1) is 0 Å². The van der Waals surface area contributed by atoms with Crippen LogP contribution in [0.25, 0.3) is 0 Å². The first kappa shape index (κ1) is 13.3. The lowest BCUT2D eigenvalue weighted by atomic mass is 9.89. The van der Waals surface area contributed by atoms with Crippen LogP contribution in [0.2, 0.25) is 0 Å². The molecule has 0 aliphatic heterocycles. The maximum Gasteiger partial charge on any atom is 0.189 e. The van der Waals surface area contributed by atoms with Gasteiger partial charge in [0.05, 0.1) is 18.2 Å². The third-order valence-electron chi connectivity index (χ3n) is 2.36. The van der Waals surface area contributed by atoms with Crippen LogP contribution >= 0.6 is 0 Å². The van der Waals surface area contributed by atoms with Gasteiger partial charge in [-0.3, -0.25) is 0 Å². The molecular weight excluding hydrogens is 202 g/mol. The Hall–Kier alpha value is -0.770. The van der Waals surface area contributed by atoms with Gasteiger partial charge in [-0.2, -0.15) is 0 Å². The topological polar surface area (TPSA) is 59.6 Å². The van der Waals surface area contributed by atoms with Crippen molar-refractivity contribution >= 4 is 5.96 Å². The molecule has 0 unspecified atom stereocenters. The molecule has 3 N–H and O–H groups in total. The molecule has 0 amide bonds. The number of nitrogens with zero attached hydrogens (tertiary/aromatic N) is 1. The Morgan fingerprint density at radius 1 is 1.38 bits per heavy atom. The lowest BCUT2D eigenvalue weighted by molar-refractivity contribution is -0.0429. The molecule has 0 heterocycles. The highest BCUT2D eigenvalue weighted by Crippen LogP contribution is 2.27. The van der Waals surface area contributed by atoms with Gasteiger partial charge in [0.2, 0.25) is 0 Å². The molecular formula is C12H25N3O. The molecule has 1 aliphatic carbocycles. The van der Waals surface area contributed by atoms with Gasteiger partial charge in [0.1, 0.15) is 0 Å². The first-order valence-electron chi connectivity index (χ1n) is 6.03. The van der Waals surface area contributed by atoms with Crippen molar-refractivity contribution in [2.24, 2.45) is 10.7 Å². The lowest BCUT2D eigenvalue weighted by Gasteiger charge is -2.34. The Bertz CT molecular complexity index is 249. The number of guanidine groups is 1. The van der Waals surface area contributed by atoms with Crippen molar-refractivity contribution in [2.45, 2.75) is 71.2 Å². The second kappa shape index (κ2) is 5.04. The van der Waals surface area contributed by atoms with Gasteiger partial charge in [0, 0.05) is 5.54 Å². The first-order valence-corrected chi connectivity index (χ1v) is 6.03. The highest BCUT2D eigenvalue weighted by Gasteiger charge is 2.30. The van der Waals surface area contributed by atoms with E-state index < -0.39 is 0 Å². The van der Waals surface area contributed by atoms with E-state index in [0.29, 0.717) is 24.2 Å². The highest BCUT2D eigenvalue weighted by molar-refractivity contribution is 5.78. The van der Waals surface area contributed by atoms with E-state index in [-0.39, 0.29) is 5.54 Å². The summed E-state index contributed by atoms with van der Waals surface area (Å²) in [7, 11) is 0. The molecule has 0 bridgehead atoms. The Morgan fingerprint density at radius 3 is 2.38 bits per heavy atom. The maximum absolute atomic E-state index is 5.81. The Morgan fingerprint density at radius 2 is 1.94 bits per heavy atom. The predicted molar refractivity (Wildman–Crippen MR) is 67.5 cm³/mol. The normalized spacial score (nSPS) is 26.8. The fourth-order valence-electron chi connectivity index (χ4n) is 1.75. The molecule has 1 rings (SSSR count). The average Bonchev–Trinajstić information content (AvgIpc) is 1.95. The van der Waals surface area contributed by atoms with E-state index in [1.54, 1.807) is 0 Å². The Balaban J connectivity index is 2.27. The van der Waals surface area contributed by atoms with Gasteiger partial charge in [0.15, 0.2) is 5.96 Å². The van der Waals surface area contributed by atoms with E-state index in [2.05, 4.69) is 44.9 Å². The molecule has 0 spiro atoms. The fraction of sp³-hybridized carbons (Fsp3) is 0.917.